The SMILES string of the molecule is O=C(CCCSc1nnc(C23CC4CC(CC(C4)C2)C3)o1)c1cccs1. The van der Waals surface area contributed by atoms with Crippen LogP contribution >= 0.6 is 23.1 Å². The molecule has 0 unspecified atom stereocenters. The van der Waals surface area contributed by atoms with Gasteiger partial charge in [0.05, 0.1) is 4.88 Å². The van der Waals surface area contributed by atoms with E-state index in [-0.39, 0.29) is 11.2 Å². The maximum atomic E-state index is 12.0. The van der Waals surface area contributed by atoms with E-state index in [1.807, 2.05) is 17.5 Å². The van der Waals surface area contributed by atoms with Crippen molar-refractivity contribution in [3.63, 3.8) is 0 Å². The second-order valence-corrected chi connectivity index (χ2v) is 10.4. The van der Waals surface area contributed by atoms with E-state index in [2.05, 4.69) is 10.2 Å². The highest BCUT2D eigenvalue weighted by molar-refractivity contribution is 7.99. The third-order valence-electron chi connectivity index (χ3n) is 6.47. The summed E-state index contributed by atoms with van der Waals surface area (Å²) in [5.74, 6) is 4.63. The van der Waals surface area contributed by atoms with E-state index in [1.54, 1.807) is 11.8 Å². The maximum absolute atomic E-state index is 12.0. The summed E-state index contributed by atoms with van der Waals surface area (Å²) in [5, 5.41) is 11.4. The van der Waals surface area contributed by atoms with Gasteiger partial charge in [0.25, 0.3) is 5.22 Å². The number of aromatic nitrogens is 2. The molecule has 2 heterocycles. The van der Waals surface area contributed by atoms with Crippen LogP contribution < -0.4 is 0 Å². The molecule has 0 amide bonds. The van der Waals surface area contributed by atoms with Crippen molar-refractivity contribution in [3.05, 3.63) is 28.3 Å². The first kappa shape index (κ1) is 17.0. The summed E-state index contributed by atoms with van der Waals surface area (Å²) in [6.07, 6.45) is 9.45. The summed E-state index contributed by atoms with van der Waals surface area (Å²) in [6, 6.07) is 3.83. The molecule has 0 radical (unpaired) electrons. The van der Waals surface area contributed by atoms with Gasteiger partial charge >= 0.3 is 0 Å². The van der Waals surface area contributed by atoms with Crippen molar-refractivity contribution in [2.45, 2.75) is 62.0 Å². The highest BCUT2D eigenvalue weighted by Crippen LogP contribution is 2.60. The molecule has 6 rings (SSSR count). The van der Waals surface area contributed by atoms with Gasteiger partial charge in [0.2, 0.25) is 5.89 Å². The lowest BCUT2D eigenvalue weighted by atomic mass is 9.49. The summed E-state index contributed by atoms with van der Waals surface area (Å²) in [5.41, 5.74) is 0.176. The molecule has 4 fully saturated rings. The minimum Gasteiger partial charge on any atom is -0.415 e. The van der Waals surface area contributed by atoms with Gasteiger partial charge in [0, 0.05) is 17.6 Å². The number of carbonyl (C=O) groups excluding carboxylic acids is 1. The molecule has 26 heavy (non-hydrogen) atoms. The van der Waals surface area contributed by atoms with Crippen molar-refractivity contribution < 1.29 is 9.21 Å². The number of ketones is 1. The lowest BCUT2D eigenvalue weighted by Crippen LogP contribution is -2.48. The van der Waals surface area contributed by atoms with Gasteiger partial charge in [-0.2, -0.15) is 0 Å². The molecule has 0 N–H and O–H groups in total. The number of thioether (sulfide) groups is 1. The Kier molecular flexibility index (Phi) is 4.44. The van der Waals surface area contributed by atoms with E-state index in [0.717, 1.165) is 40.7 Å². The monoisotopic (exact) mass is 388 g/mol. The van der Waals surface area contributed by atoms with Gasteiger partial charge < -0.3 is 4.42 Å². The summed E-state index contributed by atoms with van der Waals surface area (Å²) in [6.45, 7) is 0. The number of Topliss-reactive ketones (excluding diaryl/α,β-unsaturated/α-hetero) is 1. The first-order valence-electron chi connectivity index (χ1n) is 9.74. The summed E-state index contributed by atoms with van der Waals surface area (Å²) < 4.78 is 6.11. The first-order chi connectivity index (χ1) is 12.7. The zero-order chi connectivity index (χ0) is 17.6. The Morgan fingerprint density at radius 2 is 1.92 bits per heavy atom. The number of carbonyl (C=O) groups is 1. The van der Waals surface area contributed by atoms with Gasteiger partial charge in [0.1, 0.15) is 0 Å². The lowest BCUT2D eigenvalue weighted by molar-refractivity contribution is -0.0191. The minimum absolute atomic E-state index is 0.176. The fraction of sp³-hybridized carbons (Fsp3) is 0.650. The van der Waals surface area contributed by atoms with Gasteiger partial charge in [-0.05, 0) is 74.1 Å². The minimum atomic E-state index is 0.176. The van der Waals surface area contributed by atoms with Crippen molar-refractivity contribution in [2.24, 2.45) is 17.8 Å². The van der Waals surface area contributed by atoms with Crippen LogP contribution in [0, 0.1) is 17.8 Å². The number of hydrogen-bond donors (Lipinski definition) is 0. The Hall–Kier alpha value is -1.14. The summed E-state index contributed by atoms with van der Waals surface area (Å²) in [7, 11) is 0. The van der Waals surface area contributed by atoms with Crippen molar-refractivity contribution >= 4 is 28.9 Å². The fourth-order valence-electron chi connectivity index (χ4n) is 5.81. The standard InChI is InChI=1S/C20H24N2O2S2/c23-16(17-4-2-5-25-17)3-1-6-26-19-22-21-18(24-19)20-10-13-7-14(11-20)9-15(8-13)12-20/h2,4-5,13-15H,1,3,6-12H2. The van der Waals surface area contributed by atoms with Gasteiger partial charge in [-0.1, -0.05) is 17.8 Å². The van der Waals surface area contributed by atoms with Crippen LogP contribution in [0.2, 0.25) is 0 Å². The second-order valence-electron chi connectivity index (χ2n) is 8.42. The van der Waals surface area contributed by atoms with Crippen molar-refractivity contribution in [1.82, 2.24) is 10.2 Å². The molecule has 138 valence electrons. The molecule has 2 aromatic rings. The van der Waals surface area contributed by atoms with Crippen LogP contribution in [-0.4, -0.2) is 21.7 Å². The van der Waals surface area contributed by atoms with Crippen LogP contribution in [0.5, 0.6) is 0 Å². The quantitative estimate of drug-likeness (QED) is 0.363. The smallest absolute Gasteiger partial charge is 0.276 e. The van der Waals surface area contributed by atoms with Crippen molar-refractivity contribution in [3.8, 4) is 0 Å². The lowest BCUT2D eigenvalue weighted by Gasteiger charge is -2.55. The Morgan fingerprint density at radius 1 is 1.19 bits per heavy atom. The Morgan fingerprint density at radius 3 is 2.58 bits per heavy atom. The van der Waals surface area contributed by atoms with E-state index in [9.17, 15) is 4.79 Å². The average molecular weight is 389 g/mol. The molecule has 4 saturated carbocycles. The molecule has 0 aromatic carbocycles. The maximum Gasteiger partial charge on any atom is 0.276 e. The Labute approximate surface area is 162 Å². The molecule has 0 saturated heterocycles. The zero-order valence-electron chi connectivity index (χ0n) is 14.9. The zero-order valence-corrected chi connectivity index (χ0v) is 16.5. The molecule has 4 bridgehead atoms. The van der Waals surface area contributed by atoms with Crippen LogP contribution in [0.4, 0.5) is 0 Å². The van der Waals surface area contributed by atoms with Crippen LogP contribution in [0.1, 0.15) is 66.9 Å². The average Bonchev–Trinajstić information content (AvgIpc) is 3.29. The molecule has 0 atom stereocenters. The van der Waals surface area contributed by atoms with Gasteiger partial charge in [-0.15, -0.1) is 21.5 Å². The summed E-state index contributed by atoms with van der Waals surface area (Å²) in [4.78, 5) is 12.9. The Balaban J connectivity index is 1.17. The van der Waals surface area contributed by atoms with Gasteiger partial charge in [0.15, 0.2) is 5.78 Å². The molecule has 4 nitrogen and oxygen atoms in total. The highest BCUT2D eigenvalue weighted by Gasteiger charge is 2.54. The fourth-order valence-corrected chi connectivity index (χ4v) is 7.20. The normalized spacial score (nSPS) is 32.2. The summed E-state index contributed by atoms with van der Waals surface area (Å²) >= 11 is 3.11. The van der Waals surface area contributed by atoms with Gasteiger partial charge in [-0.3, -0.25) is 4.79 Å². The molecular formula is C20H24N2O2S2. The molecule has 6 heteroatoms. The van der Waals surface area contributed by atoms with Crippen LogP contribution in [-0.2, 0) is 5.41 Å². The molecule has 4 aliphatic rings. The number of rotatable bonds is 7. The van der Waals surface area contributed by atoms with E-state index in [0.29, 0.717) is 11.6 Å². The van der Waals surface area contributed by atoms with Crippen molar-refractivity contribution in [1.29, 1.82) is 0 Å². The van der Waals surface area contributed by atoms with Crippen LogP contribution in [0.3, 0.4) is 0 Å². The predicted octanol–water partition coefficient (Wildman–Crippen LogP) is 5.35. The van der Waals surface area contributed by atoms with Gasteiger partial charge in [-0.25, -0.2) is 0 Å². The van der Waals surface area contributed by atoms with E-state index < -0.39 is 0 Å². The highest BCUT2D eigenvalue weighted by atomic mass is 32.2. The van der Waals surface area contributed by atoms with E-state index in [1.165, 1.54) is 49.9 Å². The topological polar surface area (TPSA) is 56.0 Å². The first-order valence-corrected chi connectivity index (χ1v) is 11.6. The number of thiophene rings is 1. The molecule has 2 aromatic heterocycles. The molecule has 4 aliphatic carbocycles. The largest absolute Gasteiger partial charge is 0.415 e. The van der Waals surface area contributed by atoms with Crippen LogP contribution in [0.25, 0.3) is 0 Å². The predicted molar refractivity (Wildman–Crippen MR) is 103 cm³/mol. The molecule has 0 spiro atoms. The third-order valence-corrected chi connectivity index (χ3v) is 8.28. The van der Waals surface area contributed by atoms with Crippen molar-refractivity contribution in [2.75, 3.05) is 5.75 Å². The number of nitrogens with zero attached hydrogens (tertiary/aromatic N) is 2. The molecular weight excluding hydrogens is 364 g/mol. The Bertz CT molecular complexity index is 748. The number of hydrogen-bond acceptors (Lipinski definition) is 6. The third kappa shape index (κ3) is 3.15. The van der Waals surface area contributed by atoms with E-state index in [4.69, 9.17) is 4.42 Å². The second kappa shape index (κ2) is 6.79. The van der Waals surface area contributed by atoms with E-state index >= 15 is 0 Å². The van der Waals surface area contributed by atoms with Crippen LogP contribution in [0.15, 0.2) is 27.2 Å². The molecule has 0 aliphatic heterocycles.